The minimum atomic E-state index is -0.00325. The second-order valence-electron chi connectivity index (χ2n) is 7.99. The summed E-state index contributed by atoms with van der Waals surface area (Å²) in [6.07, 6.45) is 4.07. The zero-order valence-electron chi connectivity index (χ0n) is 16.6. The van der Waals surface area contributed by atoms with Gasteiger partial charge in [-0.2, -0.15) is 10.1 Å². The van der Waals surface area contributed by atoms with Gasteiger partial charge in [0.1, 0.15) is 0 Å². The van der Waals surface area contributed by atoms with Crippen molar-refractivity contribution in [2.24, 2.45) is 13.0 Å². The Kier molecular flexibility index (Phi) is 6.02. The third kappa shape index (κ3) is 4.59. The fourth-order valence-corrected chi connectivity index (χ4v) is 4.23. The number of aryl methyl sites for hydroxylation is 1. The van der Waals surface area contributed by atoms with E-state index in [0.717, 1.165) is 64.2 Å². The number of hydrogen-bond acceptors (Lipinski definition) is 5. The molecule has 7 heteroatoms. The summed E-state index contributed by atoms with van der Waals surface area (Å²) in [5.74, 6) is 1.86. The maximum Gasteiger partial charge on any atom is 0.231 e. The largest absolute Gasteiger partial charge is 0.317 e. The molecule has 0 spiro atoms. The van der Waals surface area contributed by atoms with Gasteiger partial charge in [0.15, 0.2) is 5.82 Å². The first-order valence-corrected chi connectivity index (χ1v) is 10.4. The maximum atomic E-state index is 12.9. The standard InChI is InChI=1S/C21H30N6O/c1-26-21(23-19(25-26)17-9-11-22-12-10-17)24-20(28)18-8-5-13-27(15-18)14-16-6-3-2-4-7-16/h2-4,6-7,17-18,22H,5,8-15H2,1H3,(H,23,24,25,28). The van der Waals surface area contributed by atoms with Crippen molar-refractivity contribution in [2.75, 3.05) is 31.5 Å². The lowest BCUT2D eigenvalue weighted by Crippen LogP contribution is -2.40. The molecule has 1 aromatic heterocycles. The quantitative estimate of drug-likeness (QED) is 0.829. The molecule has 3 heterocycles. The molecule has 2 saturated heterocycles. The van der Waals surface area contributed by atoms with Crippen molar-refractivity contribution < 1.29 is 4.79 Å². The van der Waals surface area contributed by atoms with Gasteiger partial charge < -0.3 is 5.32 Å². The highest BCUT2D eigenvalue weighted by atomic mass is 16.2. The lowest BCUT2D eigenvalue weighted by atomic mass is 9.96. The number of carbonyl (C=O) groups is 1. The molecule has 2 aliphatic heterocycles. The Morgan fingerprint density at radius 1 is 1.21 bits per heavy atom. The second kappa shape index (κ2) is 8.84. The van der Waals surface area contributed by atoms with Crippen LogP contribution in [0.5, 0.6) is 0 Å². The van der Waals surface area contributed by atoms with E-state index in [4.69, 9.17) is 0 Å². The van der Waals surface area contributed by atoms with Crippen LogP contribution in [-0.4, -0.2) is 51.8 Å². The number of carbonyl (C=O) groups excluding carboxylic acids is 1. The molecule has 1 atom stereocenters. The highest BCUT2D eigenvalue weighted by Gasteiger charge is 2.27. The fourth-order valence-electron chi connectivity index (χ4n) is 4.23. The Labute approximate surface area is 166 Å². The van der Waals surface area contributed by atoms with Crippen molar-refractivity contribution in [3.63, 3.8) is 0 Å². The monoisotopic (exact) mass is 382 g/mol. The van der Waals surface area contributed by atoms with Gasteiger partial charge in [-0.3, -0.25) is 15.0 Å². The average Bonchev–Trinajstić information content (AvgIpc) is 3.10. The van der Waals surface area contributed by atoms with E-state index >= 15 is 0 Å². The minimum absolute atomic E-state index is 0.00325. The van der Waals surface area contributed by atoms with E-state index in [1.807, 2.05) is 13.1 Å². The molecular formula is C21H30N6O. The van der Waals surface area contributed by atoms with Gasteiger partial charge in [0.2, 0.25) is 11.9 Å². The normalized spacial score (nSPS) is 21.5. The molecule has 7 nitrogen and oxygen atoms in total. The van der Waals surface area contributed by atoms with Crippen molar-refractivity contribution in [3.8, 4) is 0 Å². The lowest BCUT2D eigenvalue weighted by Gasteiger charge is -2.31. The summed E-state index contributed by atoms with van der Waals surface area (Å²) in [5.41, 5.74) is 1.29. The summed E-state index contributed by atoms with van der Waals surface area (Å²) in [4.78, 5) is 19.9. The Balaban J connectivity index is 1.36. The number of nitrogens with one attached hydrogen (secondary N) is 2. The molecule has 0 radical (unpaired) electrons. The number of piperidine rings is 2. The predicted octanol–water partition coefficient (Wildman–Crippen LogP) is 2.13. The Morgan fingerprint density at radius 2 is 2.00 bits per heavy atom. The summed E-state index contributed by atoms with van der Waals surface area (Å²) in [6, 6.07) is 10.5. The van der Waals surface area contributed by atoms with E-state index in [9.17, 15) is 4.79 Å². The molecule has 150 valence electrons. The SMILES string of the molecule is Cn1nc(C2CCNCC2)nc1NC(=O)C1CCCN(Cc2ccccc2)C1. The van der Waals surface area contributed by atoms with Crippen LogP contribution in [0.25, 0.3) is 0 Å². The number of aromatic nitrogens is 3. The zero-order valence-corrected chi connectivity index (χ0v) is 16.6. The number of rotatable bonds is 5. The Bertz CT molecular complexity index is 783. The van der Waals surface area contributed by atoms with Crippen LogP contribution in [0.3, 0.4) is 0 Å². The molecule has 2 N–H and O–H groups in total. The summed E-state index contributed by atoms with van der Waals surface area (Å²) in [7, 11) is 1.86. The fraction of sp³-hybridized carbons (Fsp3) is 0.571. The van der Waals surface area contributed by atoms with Crippen LogP contribution in [0.2, 0.25) is 0 Å². The van der Waals surface area contributed by atoms with Crippen molar-refractivity contribution >= 4 is 11.9 Å². The molecule has 1 unspecified atom stereocenters. The van der Waals surface area contributed by atoms with E-state index in [1.165, 1.54) is 5.56 Å². The first kappa shape index (κ1) is 19.1. The van der Waals surface area contributed by atoms with Gasteiger partial charge in [-0.15, -0.1) is 0 Å². The predicted molar refractivity (Wildman–Crippen MR) is 109 cm³/mol. The minimum Gasteiger partial charge on any atom is -0.317 e. The zero-order chi connectivity index (χ0) is 19.3. The van der Waals surface area contributed by atoms with Crippen LogP contribution in [0.15, 0.2) is 30.3 Å². The van der Waals surface area contributed by atoms with Gasteiger partial charge in [0, 0.05) is 26.1 Å². The first-order chi connectivity index (χ1) is 13.7. The van der Waals surface area contributed by atoms with Crippen molar-refractivity contribution in [1.29, 1.82) is 0 Å². The number of hydrogen-bond donors (Lipinski definition) is 2. The molecule has 1 aromatic carbocycles. The van der Waals surface area contributed by atoms with Crippen LogP contribution < -0.4 is 10.6 Å². The van der Waals surface area contributed by atoms with E-state index in [-0.39, 0.29) is 11.8 Å². The Hall–Kier alpha value is -2.25. The van der Waals surface area contributed by atoms with Gasteiger partial charge in [0.05, 0.1) is 5.92 Å². The van der Waals surface area contributed by atoms with Gasteiger partial charge in [-0.05, 0) is 50.9 Å². The molecular weight excluding hydrogens is 352 g/mol. The van der Waals surface area contributed by atoms with Gasteiger partial charge in [-0.1, -0.05) is 30.3 Å². The molecule has 4 rings (SSSR count). The highest BCUT2D eigenvalue weighted by Crippen LogP contribution is 2.24. The number of benzene rings is 1. The number of likely N-dealkylation sites (tertiary alicyclic amines) is 1. The van der Waals surface area contributed by atoms with Crippen molar-refractivity contribution in [2.45, 2.75) is 38.1 Å². The molecule has 0 saturated carbocycles. The van der Waals surface area contributed by atoms with E-state index in [0.29, 0.717) is 11.9 Å². The molecule has 2 fully saturated rings. The summed E-state index contributed by atoms with van der Waals surface area (Å²) in [5, 5.41) is 11.0. The number of nitrogens with zero attached hydrogens (tertiary/aromatic N) is 4. The summed E-state index contributed by atoms with van der Waals surface area (Å²) < 4.78 is 1.71. The maximum absolute atomic E-state index is 12.9. The van der Waals surface area contributed by atoms with Crippen LogP contribution >= 0.6 is 0 Å². The van der Waals surface area contributed by atoms with Crippen LogP contribution in [0.1, 0.15) is 43.0 Å². The van der Waals surface area contributed by atoms with Crippen LogP contribution in [0, 0.1) is 5.92 Å². The molecule has 2 aromatic rings. The summed E-state index contributed by atoms with van der Waals surface area (Å²) >= 11 is 0. The van der Waals surface area contributed by atoms with Crippen LogP contribution in [-0.2, 0) is 18.4 Å². The summed E-state index contributed by atoms with van der Waals surface area (Å²) in [6.45, 7) is 4.74. The third-order valence-electron chi connectivity index (χ3n) is 5.84. The molecule has 28 heavy (non-hydrogen) atoms. The lowest BCUT2D eigenvalue weighted by molar-refractivity contribution is -0.121. The van der Waals surface area contributed by atoms with Crippen LogP contribution in [0.4, 0.5) is 5.95 Å². The molecule has 1 amide bonds. The van der Waals surface area contributed by atoms with Gasteiger partial charge in [0.25, 0.3) is 0 Å². The highest BCUT2D eigenvalue weighted by molar-refractivity contribution is 5.91. The van der Waals surface area contributed by atoms with Crippen molar-refractivity contribution in [1.82, 2.24) is 25.0 Å². The first-order valence-electron chi connectivity index (χ1n) is 10.4. The molecule has 0 bridgehead atoms. The van der Waals surface area contributed by atoms with Crippen molar-refractivity contribution in [3.05, 3.63) is 41.7 Å². The third-order valence-corrected chi connectivity index (χ3v) is 5.84. The van der Waals surface area contributed by atoms with E-state index in [1.54, 1.807) is 4.68 Å². The van der Waals surface area contributed by atoms with E-state index < -0.39 is 0 Å². The smallest absolute Gasteiger partial charge is 0.231 e. The molecule has 0 aliphatic carbocycles. The van der Waals surface area contributed by atoms with E-state index in [2.05, 4.69) is 49.9 Å². The molecule has 2 aliphatic rings. The number of anilines is 1. The van der Waals surface area contributed by atoms with Gasteiger partial charge >= 0.3 is 0 Å². The topological polar surface area (TPSA) is 75.1 Å². The number of amides is 1. The average molecular weight is 383 g/mol. The second-order valence-corrected chi connectivity index (χ2v) is 7.99. The Morgan fingerprint density at radius 3 is 2.79 bits per heavy atom. The van der Waals surface area contributed by atoms with Gasteiger partial charge in [-0.25, -0.2) is 4.68 Å².